The Morgan fingerprint density at radius 1 is 1.45 bits per heavy atom. The van der Waals surface area contributed by atoms with Crippen molar-refractivity contribution in [2.45, 2.75) is 38.9 Å². The lowest BCUT2D eigenvalue weighted by Crippen LogP contribution is -2.03. The van der Waals surface area contributed by atoms with E-state index in [1.165, 1.54) is 5.57 Å². The topological polar surface area (TPSA) is 0 Å². The zero-order valence-corrected chi connectivity index (χ0v) is 8.78. The lowest BCUT2D eigenvalue weighted by atomic mass is 10.1. The van der Waals surface area contributed by atoms with E-state index in [2.05, 4.69) is 58.6 Å². The van der Waals surface area contributed by atoms with Gasteiger partial charge in [-0.15, -0.1) is 0 Å². The monoisotopic (exact) mass is 170 g/mol. The van der Waals surface area contributed by atoms with Gasteiger partial charge >= 0.3 is 0 Å². The van der Waals surface area contributed by atoms with E-state index in [0.29, 0.717) is 0 Å². The molecule has 0 aliphatic carbocycles. The van der Waals surface area contributed by atoms with Crippen LogP contribution >= 0.6 is 12.6 Å². The maximum atomic E-state index is 4.38. The van der Waals surface area contributed by atoms with E-state index in [1.807, 2.05) is 0 Å². The van der Waals surface area contributed by atoms with Gasteiger partial charge in [0.05, 0.1) is 0 Å². The van der Waals surface area contributed by atoms with Crippen molar-refractivity contribution in [3.05, 3.63) is 23.8 Å². The summed E-state index contributed by atoms with van der Waals surface area (Å²) in [5.41, 5.74) is 1.40. The summed E-state index contributed by atoms with van der Waals surface area (Å²) >= 11 is 4.38. The molecule has 0 saturated heterocycles. The quantitative estimate of drug-likeness (QED) is 0.485. The third-order valence-corrected chi connectivity index (χ3v) is 1.61. The SMILES string of the molecule is C/C=C(\C)C/C=C/C(C)(C)S. The van der Waals surface area contributed by atoms with Gasteiger partial charge in [-0.2, -0.15) is 12.6 Å². The molecule has 11 heavy (non-hydrogen) atoms. The van der Waals surface area contributed by atoms with E-state index in [0.717, 1.165) is 6.42 Å². The van der Waals surface area contributed by atoms with Crippen LogP contribution < -0.4 is 0 Å². The van der Waals surface area contributed by atoms with Crippen molar-refractivity contribution >= 4 is 12.6 Å². The number of hydrogen-bond donors (Lipinski definition) is 1. The fourth-order valence-electron chi connectivity index (χ4n) is 0.651. The molecule has 0 heterocycles. The van der Waals surface area contributed by atoms with Gasteiger partial charge in [0.15, 0.2) is 0 Å². The van der Waals surface area contributed by atoms with Gasteiger partial charge in [0.1, 0.15) is 0 Å². The third kappa shape index (κ3) is 7.73. The van der Waals surface area contributed by atoms with Crippen LogP contribution in [0.4, 0.5) is 0 Å². The van der Waals surface area contributed by atoms with Gasteiger partial charge in [0.25, 0.3) is 0 Å². The molecule has 0 N–H and O–H groups in total. The Bertz CT molecular complexity index is 158. The maximum absolute atomic E-state index is 4.38. The minimum absolute atomic E-state index is 0.0218. The standard InChI is InChI=1S/C10H18S/c1-5-9(2)7-6-8-10(3,4)11/h5-6,8,11H,7H2,1-4H3/b8-6+,9-5+. The van der Waals surface area contributed by atoms with Crippen LogP contribution in [0, 0.1) is 0 Å². The van der Waals surface area contributed by atoms with E-state index in [9.17, 15) is 0 Å². The van der Waals surface area contributed by atoms with Gasteiger partial charge in [-0.3, -0.25) is 0 Å². The molecule has 0 aromatic rings. The number of thiol groups is 1. The summed E-state index contributed by atoms with van der Waals surface area (Å²) in [6.45, 7) is 8.36. The van der Waals surface area contributed by atoms with Crippen molar-refractivity contribution in [3.8, 4) is 0 Å². The molecule has 0 bridgehead atoms. The Kier molecular flexibility index (Phi) is 4.58. The summed E-state index contributed by atoms with van der Waals surface area (Å²) in [7, 11) is 0. The molecule has 0 rings (SSSR count). The Hall–Kier alpha value is -0.170. The Balaban J connectivity index is 3.79. The lowest BCUT2D eigenvalue weighted by Gasteiger charge is -2.09. The summed E-state index contributed by atoms with van der Waals surface area (Å²) in [6, 6.07) is 0. The Labute approximate surface area is 75.8 Å². The van der Waals surface area contributed by atoms with Crippen molar-refractivity contribution in [2.24, 2.45) is 0 Å². The minimum atomic E-state index is 0.0218. The summed E-state index contributed by atoms with van der Waals surface area (Å²) in [6.07, 6.45) is 7.47. The van der Waals surface area contributed by atoms with Crippen molar-refractivity contribution in [3.63, 3.8) is 0 Å². The molecule has 0 aliphatic heterocycles. The second kappa shape index (κ2) is 4.66. The molecular weight excluding hydrogens is 152 g/mol. The molecule has 1 heteroatoms. The molecule has 64 valence electrons. The van der Waals surface area contributed by atoms with Crippen LogP contribution in [-0.4, -0.2) is 4.75 Å². The van der Waals surface area contributed by atoms with Crippen LogP contribution in [0.15, 0.2) is 23.8 Å². The molecule has 0 radical (unpaired) electrons. The molecule has 0 atom stereocenters. The molecule has 0 amide bonds. The highest BCUT2D eigenvalue weighted by Gasteiger charge is 2.03. The summed E-state index contributed by atoms with van der Waals surface area (Å²) in [5, 5.41) is 0. The molecule has 0 unspecified atom stereocenters. The average molecular weight is 170 g/mol. The van der Waals surface area contributed by atoms with Crippen LogP contribution in [0.2, 0.25) is 0 Å². The zero-order valence-electron chi connectivity index (χ0n) is 7.89. The number of hydrogen-bond acceptors (Lipinski definition) is 1. The second-order valence-corrected chi connectivity index (χ2v) is 4.55. The maximum Gasteiger partial charge on any atom is 0.0252 e. The van der Waals surface area contributed by atoms with Gasteiger partial charge < -0.3 is 0 Å². The average Bonchev–Trinajstić information content (AvgIpc) is 1.85. The van der Waals surface area contributed by atoms with E-state index >= 15 is 0 Å². The van der Waals surface area contributed by atoms with E-state index < -0.39 is 0 Å². The molecule has 0 fully saturated rings. The Morgan fingerprint density at radius 3 is 2.36 bits per heavy atom. The molecule has 0 nitrogen and oxygen atoms in total. The second-order valence-electron chi connectivity index (χ2n) is 3.40. The highest BCUT2D eigenvalue weighted by Crippen LogP contribution is 2.14. The third-order valence-electron chi connectivity index (χ3n) is 1.46. The normalized spacial score (nSPS) is 14.5. The molecular formula is C10H18S. The first-order valence-corrected chi connectivity index (χ1v) is 4.42. The van der Waals surface area contributed by atoms with Gasteiger partial charge in [-0.05, 0) is 34.1 Å². The van der Waals surface area contributed by atoms with Gasteiger partial charge in [-0.25, -0.2) is 0 Å². The number of rotatable bonds is 3. The smallest absolute Gasteiger partial charge is 0.0252 e. The van der Waals surface area contributed by atoms with Crippen molar-refractivity contribution in [1.82, 2.24) is 0 Å². The van der Waals surface area contributed by atoms with E-state index in [1.54, 1.807) is 0 Å². The fraction of sp³-hybridized carbons (Fsp3) is 0.600. The lowest BCUT2D eigenvalue weighted by molar-refractivity contribution is 0.902. The predicted molar refractivity (Wildman–Crippen MR) is 56.3 cm³/mol. The van der Waals surface area contributed by atoms with E-state index in [-0.39, 0.29) is 4.75 Å². The minimum Gasteiger partial charge on any atom is -0.169 e. The summed E-state index contributed by atoms with van der Waals surface area (Å²) in [5.74, 6) is 0. The first kappa shape index (κ1) is 10.8. The summed E-state index contributed by atoms with van der Waals surface area (Å²) < 4.78 is 0.0218. The highest BCUT2D eigenvalue weighted by atomic mass is 32.1. The van der Waals surface area contributed by atoms with Gasteiger partial charge in [0.2, 0.25) is 0 Å². The van der Waals surface area contributed by atoms with Gasteiger partial charge in [0, 0.05) is 4.75 Å². The molecule has 0 saturated carbocycles. The van der Waals surface area contributed by atoms with Crippen molar-refractivity contribution < 1.29 is 0 Å². The number of allylic oxidation sites excluding steroid dienone is 3. The molecule has 0 aromatic carbocycles. The predicted octanol–water partition coefficient (Wildman–Crippen LogP) is 3.61. The molecule has 0 spiro atoms. The molecule has 0 aromatic heterocycles. The largest absolute Gasteiger partial charge is 0.169 e. The first-order chi connectivity index (χ1) is 4.95. The van der Waals surface area contributed by atoms with Crippen molar-refractivity contribution in [1.29, 1.82) is 0 Å². The van der Waals surface area contributed by atoms with Crippen LogP contribution in [0.25, 0.3) is 0 Å². The van der Waals surface area contributed by atoms with E-state index in [4.69, 9.17) is 0 Å². The summed E-state index contributed by atoms with van der Waals surface area (Å²) in [4.78, 5) is 0. The fourth-order valence-corrected chi connectivity index (χ4v) is 0.756. The Morgan fingerprint density at radius 2 is 2.00 bits per heavy atom. The zero-order chi connectivity index (χ0) is 8.91. The van der Waals surface area contributed by atoms with Crippen LogP contribution in [0.5, 0.6) is 0 Å². The highest BCUT2D eigenvalue weighted by molar-refractivity contribution is 7.82. The van der Waals surface area contributed by atoms with Gasteiger partial charge in [-0.1, -0.05) is 23.8 Å². The van der Waals surface area contributed by atoms with Crippen molar-refractivity contribution in [2.75, 3.05) is 0 Å². The first-order valence-electron chi connectivity index (χ1n) is 3.97. The molecule has 0 aliphatic rings. The van der Waals surface area contributed by atoms with Crippen LogP contribution in [0.1, 0.15) is 34.1 Å². The van der Waals surface area contributed by atoms with Crippen LogP contribution in [-0.2, 0) is 0 Å². The van der Waals surface area contributed by atoms with Crippen LogP contribution in [0.3, 0.4) is 0 Å².